The smallest absolute Gasteiger partial charge is 0.172 e. The summed E-state index contributed by atoms with van der Waals surface area (Å²) in [5.74, 6) is 0.750. The van der Waals surface area contributed by atoms with E-state index in [9.17, 15) is 0 Å². The van der Waals surface area contributed by atoms with Gasteiger partial charge in [-0.15, -0.1) is 45.3 Å². The van der Waals surface area contributed by atoms with Crippen molar-refractivity contribution in [1.29, 1.82) is 0 Å². The van der Waals surface area contributed by atoms with E-state index in [4.69, 9.17) is 27.0 Å². The molecule has 0 fully saturated rings. The Bertz CT molecular complexity index is 3010. The number of ether oxygens (including phenoxy) is 2. The SMILES string of the molecule is CCCCCCOc1c(OCCCCCC)c(-c2ccc(-c3sc(-c4c(F)c(F)c(-c5cc(CC(CC)CCCC)c(C)s5)c5nsnc45)cc3CC(CC)CCCC)s2)c2nsnc2c1-c1ccc(C)s1. The number of nitrogens with zero attached hydrogens (tertiary/aromatic N) is 4. The lowest BCUT2D eigenvalue weighted by Crippen LogP contribution is -2.06. The lowest BCUT2D eigenvalue weighted by Gasteiger charge is -2.20. The maximum absolute atomic E-state index is 17.2. The summed E-state index contributed by atoms with van der Waals surface area (Å²) in [5, 5.41) is 0. The Balaban J connectivity index is 1.25. The van der Waals surface area contributed by atoms with Crippen LogP contribution in [0.1, 0.15) is 165 Å². The molecule has 0 aliphatic carbocycles. The maximum atomic E-state index is 17.2. The Kier molecular flexibility index (Phi) is 19.9. The highest BCUT2D eigenvalue weighted by molar-refractivity contribution is 7.25. The van der Waals surface area contributed by atoms with Gasteiger partial charge in [0.05, 0.1) is 58.9 Å². The van der Waals surface area contributed by atoms with Gasteiger partial charge in [0.15, 0.2) is 23.1 Å². The minimum Gasteiger partial charge on any atom is -0.489 e. The second kappa shape index (κ2) is 26.2. The van der Waals surface area contributed by atoms with Crippen LogP contribution in [0.3, 0.4) is 0 Å². The Labute approximate surface area is 451 Å². The molecule has 2 unspecified atom stereocenters. The molecule has 2 atom stereocenters. The molecule has 0 N–H and O–H groups in total. The van der Waals surface area contributed by atoms with Crippen molar-refractivity contribution >= 4 is 90.9 Å². The fourth-order valence-electron chi connectivity index (χ4n) is 9.92. The minimum absolute atomic E-state index is 0.198. The van der Waals surface area contributed by atoms with Crippen LogP contribution in [0.5, 0.6) is 11.5 Å². The van der Waals surface area contributed by atoms with E-state index >= 15 is 8.78 Å². The maximum Gasteiger partial charge on any atom is 0.172 e. The van der Waals surface area contributed by atoms with E-state index in [1.807, 2.05) is 0 Å². The third kappa shape index (κ3) is 12.2. The van der Waals surface area contributed by atoms with Crippen molar-refractivity contribution < 1.29 is 18.3 Å². The van der Waals surface area contributed by atoms with Crippen LogP contribution in [-0.2, 0) is 12.8 Å². The van der Waals surface area contributed by atoms with E-state index in [0.29, 0.717) is 45.8 Å². The minimum atomic E-state index is -0.862. The van der Waals surface area contributed by atoms with Gasteiger partial charge in [0.2, 0.25) is 0 Å². The number of fused-ring (bicyclic) bond motifs is 2. The molecule has 8 aromatic rings. The average molecular weight is 1090 g/mol. The molecule has 0 bridgehead atoms. The quantitative estimate of drug-likeness (QED) is 0.0435. The molecule has 0 aliphatic rings. The third-order valence-corrected chi connectivity index (χ3v) is 19.9. The van der Waals surface area contributed by atoms with Crippen molar-refractivity contribution in [3.05, 3.63) is 68.9 Å². The molecule has 0 aliphatic heterocycles. The summed E-state index contributed by atoms with van der Waals surface area (Å²) in [6.07, 6.45) is 19.5. The highest BCUT2D eigenvalue weighted by Crippen LogP contribution is 2.55. The Hall–Kier alpha value is -3.66. The van der Waals surface area contributed by atoms with Crippen molar-refractivity contribution in [2.45, 2.75) is 171 Å². The highest BCUT2D eigenvalue weighted by atomic mass is 32.1. The summed E-state index contributed by atoms with van der Waals surface area (Å²) < 4.78 is 67.6. The van der Waals surface area contributed by atoms with Crippen molar-refractivity contribution in [1.82, 2.24) is 17.5 Å². The summed E-state index contributed by atoms with van der Waals surface area (Å²) in [4.78, 5) is 7.96. The molecule has 0 saturated carbocycles. The molecule has 0 saturated heterocycles. The number of thiophene rings is 4. The van der Waals surface area contributed by atoms with Gasteiger partial charge in [0.25, 0.3) is 0 Å². The van der Waals surface area contributed by atoms with Crippen LogP contribution in [-0.4, -0.2) is 30.7 Å². The van der Waals surface area contributed by atoms with Gasteiger partial charge in [0.1, 0.15) is 22.1 Å². The Morgan fingerprint density at radius 3 is 1.43 bits per heavy atom. The predicted molar refractivity (Wildman–Crippen MR) is 310 cm³/mol. The van der Waals surface area contributed by atoms with E-state index in [-0.39, 0.29) is 11.1 Å². The van der Waals surface area contributed by atoms with Gasteiger partial charge in [-0.1, -0.05) is 131 Å². The normalized spacial score (nSPS) is 12.8. The second-order valence-electron chi connectivity index (χ2n) is 19.5. The number of aromatic nitrogens is 4. The molecule has 6 nitrogen and oxygen atoms in total. The van der Waals surface area contributed by atoms with Gasteiger partial charge >= 0.3 is 0 Å². The van der Waals surface area contributed by atoms with Gasteiger partial charge in [0, 0.05) is 39.0 Å². The van der Waals surface area contributed by atoms with Crippen molar-refractivity contribution in [2.75, 3.05) is 13.2 Å². The second-order valence-corrected chi connectivity index (χ2v) is 25.2. The van der Waals surface area contributed by atoms with Gasteiger partial charge in [-0.25, -0.2) is 8.78 Å². The first-order valence-corrected chi connectivity index (χ1v) is 31.5. The molecule has 2 aromatic carbocycles. The first-order chi connectivity index (χ1) is 35.1. The zero-order valence-electron chi connectivity index (χ0n) is 43.6. The lowest BCUT2D eigenvalue weighted by atomic mass is 9.91. The summed E-state index contributed by atoms with van der Waals surface area (Å²) in [7, 11) is 0. The van der Waals surface area contributed by atoms with E-state index in [2.05, 4.69) is 91.8 Å². The van der Waals surface area contributed by atoms with Gasteiger partial charge in [-0.2, -0.15) is 17.5 Å². The van der Waals surface area contributed by atoms with E-state index in [0.717, 1.165) is 172 Å². The lowest BCUT2D eigenvalue weighted by molar-refractivity contribution is 0.261. The first-order valence-electron chi connectivity index (χ1n) is 26.7. The van der Waals surface area contributed by atoms with Crippen LogP contribution in [0.2, 0.25) is 0 Å². The standard InChI is InChI=1S/C58H72F2N4O2S6/c1-9-15-19-21-29-65-56-48(41-26-25-35(7)67-41)54-55(64-72-63-54)49(57(56)66-30-22-20-16-10-2)42-27-28-43(69-42)58-40(32-38(14-6)24-18-12-4)34-45(70-58)47-51(60)50(59)46(52-53(47)62-71-61-52)44-33-39(36(8)68-44)31-37(13-5)23-17-11-3/h25-28,33-34,37-38H,9-24,29-32H2,1-8H3. The average Bonchev–Trinajstić information content (AvgIpc) is 4.26. The van der Waals surface area contributed by atoms with Gasteiger partial charge in [-0.05, 0) is 98.9 Å². The zero-order valence-corrected chi connectivity index (χ0v) is 48.5. The van der Waals surface area contributed by atoms with Crippen molar-refractivity contribution in [2.24, 2.45) is 11.8 Å². The molecule has 6 heterocycles. The summed E-state index contributed by atoms with van der Waals surface area (Å²) in [6.45, 7) is 18.8. The third-order valence-electron chi connectivity index (χ3n) is 14.2. The molecule has 6 aromatic heterocycles. The van der Waals surface area contributed by atoms with E-state index < -0.39 is 11.6 Å². The number of aryl methyl sites for hydroxylation is 2. The number of unbranched alkanes of at least 4 members (excludes halogenated alkanes) is 8. The summed E-state index contributed by atoms with van der Waals surface area (Å²) >= 11 is 8.74. The number of hydrogen-bond donors (Lipinski definition) is 0. The summed E-state index contributed by atoms with van der Waals surface area (Å²) in [5.41, 5.74) is 7.10. The fraction of sp³-hybridized carbons (Fsp3) is 0.517. The van der Waals surface area contributed by atoms with Crippen LogP contribution < -0.4 is 9.47 Å². The number of rotatable bonds is 29. The van der Waals surface area contributed by atoms with Crippen LogP contribution in [0.15, 0.2) is 36.4 Å². The number of halogens is 2. The molecule has 14 heteroatoms. The number of benzene rings is 2. The predicted octanol–water partition coefficient (Wildman–Crippen LogP) is 20.6. The number of hydrogen-bond acceptors (Lipinski definition) is 12. The molecular weight excluding hydrogens is 1020 g/mol. The van der Waals surface area contributed by atoms with Crippen molar-refractivity contribution in [3.8, 4) is 63.0 Å². The summed E-state index contributed by atoms with van der Waals surface area (Å²) in [6, 6.07) is 12.9. The van der Waals surface area contributed by atoms with E-state index in [1.165, 1.54) is 64.1 Å². The van der Waals surface area contributed by atoms with Crippen molar-refractivity contribution in [3.63, 3.8) is 0 Å². The van der Waals surface area contributed by atoms with Crippen LogP contribution >= 0.6 is 68.8 Å². The van der Waals surface area contributed by atoms with E-state index in [1.54, 1.807) is 22.7 Å². The molecule has 72 heavy (non-hydrogen) atoms. The molecule has 0 radical (unpaired) electrons. The molecular formula is C58H72F2N4O2S6. The monoisotopic (exact) mass is 1090 g/mol. The van der Waals surface area contributed by atoms with Gasteiger partial charge in [-0.3, -0.25) is 0 Å². The van der Waals surface area contributed by atoms with Gasteiger partial charge < -0.3 is 9.47 Å². The molecule has 386 valence electrons. The highest BCUT2D eigenvalue weighted by Gasteiger charge is 2.32. The van der Waals surface area contributed by atoms with Crippen LogP contribution in [0, 0.1) is 37.3 Å². The zero-order chi connectivity index (χ0) is 50.7. The molecule has 8 rings (SSSR count). The largest absolute Gasteiger partial charge is 0.489 e. The fourth-order valence-corrected chi connectivity index (χ4v) is 15.5. The first kappa shape index (κ1) is 54.6. The topological polar surface area (TPSA) is 70.0 Å². The molecule has 0 spiro atoms. The van der Waals surface area contributed by atoms with Crippen LogP contribution in [0.4, 0.5) is 8.78 Å². The Morgan fingerprint density at radius 2 is 0.931 bits per heavy atom. The Morgan fingerprint density at radius 1 is 0.472 bits per heavy atom. The van der Waals surface area contributed by atoms with Crippen LogP contribution in [0.25, 0.3) is 73.6 Å². The molecule has 0 amide bonds.